The van der Waals surface area contributed by atoms with Crippen molar-refractivity contribution < 1.29 is 19.4 Å². The number of oxime groups is 1. The van der Waals surface area contributed by atoms with Crippen molar-refractivity contribution >= 4 is 5.71 Å². The molecule has 19 heavy (non-hydrogen) atoms. The summed E-state index contributed by atoms with van der Waals surface area (Å²) in [5, 5.41) is 12.0. The summed E-state index contributed by atoms with van der Waals surface area (Å²) >= 11 is 0. The van der Waals surface area contributed by atoms with Crippen LogP contribution < -0.4 is 9.47 Å². The minimum absolute atomic E-state index is 0.311. The summed E-state index contributed by atoms with van der Waals surface area (Å²) in [4.78, 5) is 0. The fourth-order valence-corrected chi connectivity index (χ4v) is 2.44. The van der Waals surface area contributed by atoms with Crippen molar-refractivity contribution in [2.45, 2.75) is 25.4 Å². The van der Waals surface area contributed by atoms with Crippen LogP contribution in [0.5, 0.6) is 11.5 Å². The number of rotatable bonds is 4. The van der Waals surface area contributed by atoms with Crippen molar-refractivity contribution in [2.75, 3.05) is 19.8 Å². The molecule has 102 valence electrons. The molecule has 2 aliphatic rings. The van der Waals surface area contributed by atoms with Crippen molar-refractivity contribution in [1.29, 1.82) is 0 Å². The number of nitrogens with zero attached hydrogens (tertiary/aromatic N) is 1. The third-order valence-corrected chi connectivity index (χ3v) is 3.48. The van der Waals surface area contributed by atoms with Crippen LogP contribution in [-0.2, 0) is 4.74 Å². The summed E-state index contributed by atoms with van der Waals surface area (Å²) in [5.41, 5.74) is 1.38. The fourth-order valence-electron chi connectivity index (χ4n) is 2.44. The van der Waals surface area contributed by atoms with Gasteiger partial charge in [0.05, 0.1) is 12.7 Å². The van der Waals surface area contributed by atoms with E-state index in [0.29, 0.717) is 30.8 Å². The van der Waals surface area contributed by atoms with Crippen LogP contribution in [-0.4, -0.2) is 36.8 Å². The molecule has 1 aromatic rings. The highest BCUT2D eigenvalue weighted by molar-refractivity contribution is 6.05. The van der Waals surface area contributed by atoms with Gasteiger partial charge in [-0.25, -0.2) is 0 Å². The lowest BCUT2D eigenvalue weighted by molar-refractivity contribution is 0.0903. The number of hydrogen-bond donors (Lipinski definition) is 1. The van der Waals surface area contributed by atoms with Gasteiger partial charge >= 0.3 is 0 Å². The second-order valence-electron chi connectivity index (χ2n) is 4.77. The van der Waals surface area contributed by atoms with Gasteiger partial charge in [0.25, 0.3) is 0 Å². The average Bonchev–Trinajstić information content (AvgIpc) is 3.07. The molecule has 0 bridgehead atoms. The molecule has 1 N–H and O–H groups in total. The second kappa shape index (κ2) is 5.48. The van der Waals surface area contributed by atoms with Crippen LogP contribution in [0.1, 0.15) is 24.8 Å². The van der Waals surface area contributed by atoms with E-state index >= 15 is 0 Å². The minimum Gasteiger partial charge on any atom is -0.493 e. The first-order valence-electron chi connectivity index (χ1n) is 6.59. The molecule has 5 heteroatoms. The Hall–Kier alpha value is -1.75. The van der Waals surface area contributed by atoms with E-state index < -0.39 is 0 Å². The lowest BCUT2D eigenvalue weighted by Gasteiger charge is -2.11. The highest BCUT2D eigenvalue weighted by Crippen LogP contribution is 2.30. The topological polar surface area (TPSA) is 60.3 Å². The third-order valence-electron chi connectivity index (χ3n) is 3.48. The van der Waals surface area contributed by atoms with E-state index in [9.17, 15) is 0 Å². The Morgan fingerprint density at radius 1 is 1.42 bits per heavy atom. The molecule has 0 amide bonds. The van der Waals surface area contributed by atoms with Crippen molar-refractivity contribution in [3.63, 3.8) is 0 Å². The highest BCUT2D eigenvalue weighted by atomic mass is 16.5. The normalized spacial score (nSPS) is 23.4. The minimum atomic E-state index is 0.311. The van der Waals surface area contributed by atoms with E-state index in [-0.39, 0.29) is 0 Å². The summed E-state index contributed by atoms with van der Waals surface area (Å²) in [6, 6.07) is 5.57. The molecular formula is C14H17NO4. The lowest BCUT2D eigenvalue weighted by Crippen LogP contribution is -2.10. The predicted molar refractivity (Wildman–Crippen MR) is 69.3 cm³/mol. The van der Waals surface area contributed by atoms with Crippen LogP contribution in [0.4, 0.5) is 0 Å². The molecule has 1 unspecified atom stereocenters. The van der Waals surface area contributed by atoms with Crippen LogP contribution in [0, 0.1) is 0 Å². The number of benzene rings is 1. The van der Waals surface area contributed by atoms with Gasteiger partial charge in [-0.1, -0.05) is 5.16 Å². The third kappa shape index (κ3) is 2.66. The monoisotopic (exact) mass is 263 g/mol. The maximum atomic E-state index is 8.81. The first-order valence-corrected chi connectivity index (χ1v) is 6.59. The van der Waals surface area contributed by atoms with Crippen LogP contribution in [0.3, 0.4) is 0 Å². The van der Waals surface area contributed by atoms with Crippen LogP contribution in [0.15, 0.2) is 23.4 Å². The van der Waals surface area contributed by atoms with Gasteiger partial charge < -0.3 is 19.4 Å². The van der Waals surface area contributed by atoms with Crippen molar-refractivity contribution in [3.05, 3.63) is 23.8 Å². The Morgan fingerprint density at radius 3 is 3.16 bits per heavy atom. The van der Waals surface area contributed by atoms with Crippen molar-refractivity contribution in [2.24, 2.45) is 5.16 Å². The van der Waals surface area contributed by atoms with Gasteiger partial charge in [0.1, 0.15) is 23.8 Å². The van der Waals surface area contributed by atoms with Crippen LogP contribution in [0.25, 0.3) is 0 Å². The fraction of sp³-hybridized carbons (Fsp3) is 0.500. The Morgan fingerprint density at radius 2 is 2.37 bits per heavy atom. The van der Waals surface area contributed by atoms with Gasteiger partial charge in [0.15, 0.2) is 0 Å². The van der Waals surface area contributed by atoms with E-state index in [1.54, 1.807) is 0 Å². The van der Waals surface area contributed by atoms with E-state index in [2.05, 4.69) is 5.16 Å². The van der Waals surface area contributed by atoms with E-state index in [1.807, 2.05) is 18.2 Å². The molecule has 2 aliphatic heterocycles. The zero-order valence-electron chi connectivity index (χ0n) is 10.7. The van der Waals surface area contributed by atoms with Gasteiger partial charge in [0, 0.05) is 24.7 Å². The average molecular weight is 263 g/mol. The molecular weight excluding hydrogens is 246 g/mol. The quantitative estimate of drug-likeness (QED) is 0.668. The van der Waals surface area contributed by atoms with Gasteiger partial charge in [-0.05, 0) is 25.0 Å². The zero-order chi connectivity index (χ0) is 13.1. The van der Waals surface area contributed by atoms with Crippen molar-refractivity contribution in [1.82, 2.24) is 0 Å². The molecule has 5 nitrogen and oxygen atoms in total. The SMILES string of the molecule is ON=C1COc2cc(OCCC3CCCO3)ccc21. The van der Waals surface area contributed by atoms with E-state index in [4.69, 9.17) is 19.4 Å². The van der Waals surface area contributed by atoms with Crippen LogP contribution >= 0.6 is 0 Å². The zero-order valence-corrected chi connectivity index (χ0v) is 10.7. The molecule has 2 heterocycles. The van der Waals surface area contributed by atoms with Crippen molar-refractivity contribution in [3.8, 4) is 11.5 Å². The van der Waals surface area contributed by atoms with E-state index in [0.717, 1.165) is 37.2 Å². The molecule has 1 atom stereocenters. The molecule has 1 aromatic carbocycles. The predicted octanol–water partition coefficient (Wildman–Crippen LogP) is 2.21. The van der Waals surface area contributed by atoms with Gasteiger partial charge in [-0.2, -0.15) is 0 Å². The summed E-state index contributed by atoms with van der Waals surface area (Å²) in [5.74, 6) is 1.48. The number of hydrogen-bond acceptors (Lipinski definition) is 5. The summed E-state index contributed by atoms with van der Waals surface area (Å²) in [6.45, 7) is 1.83. The van der Waals surface area contributed by atoms with E-state index in [1.165, 1.54) is 0 Å². The molecule has 1 fully saturated rings. The Labute approximate surface area is 111 Å². The maximum absolute atomic E-state index is 8.81. The first-order chi connectivity index (χ1) is 9.36. The summed E-state index contributed by atoms with van der Waals surface area (Å²) < 4.78 is 16.7. The van der Waals surface area contributed by atoms with Gasteiger partial charge in [-0.3, -0.25) is 0 Å². The standard InChI is InChI=1S/C14H17NO4/c16-15-13-9-19-14-8-11(3-4-12(13)14)18-7-5-10-2-1-6-17-10/h3-4,8,10,16H,1-2,5-7,9H2. The number of ether oxygens (including phenoxy) is 3. The molecule has 3 rings (SSSR count). The first kappa shape index (κ1) is 12.3. The largest absolute Gasteiger partial charge is 0.493 e. The Bertz CT molecular complexity index is 480. The molecule has 0 aromatic heterocycles. The summed E-state index contributed by atoms with van der Waals surface area (Å²) in [6.07, 6.45) is 3.55. The highest BCUT2D eigenvalue weighted by Gasteiger charge is 2.20. The van der Waals surface area contributed by atoms with Gasteiger partial charge in [0.2, 0.25) is 0 Å². The lowest BCUT2D eigenvalue weighted by atomic mass is 10.1. The molecule has 0 spiro atoms. The number of fused-ring (bicyclic) bond motifs is 1. The molecule has 0 aliphatic carbocycles. The molecule has 0 radical (unpaired) electrons. The van der Waals surface area contributed by atoms with Crippen LogP contribution in [0.2, 0.25) is 0 Å². The smallest absolute Gasteiger partial charge is 0.134 e. The molecule has 0 saturated carbocycles. The molecule has 1 saturated heterocycles. The Balaban J connectivity index is 1.57. The van der Waals surface area contributed by atoms with Gasteiger partial charge in [-0.15, -0.1) is 0 Å². The Kier molecular flexibility index (Phi) is 3.55. The summed E-state index contributed by atoms with van der Waals surface area (Å²) in [7, 11) is 0. The maximum Gasteiger partial charge on any atom is 0.134 e. The second-order valence-corrected chi connectivity index (χ2v) is 4.77.